The molecule has 0 spiro atoms. The van der Waals surface area contributed by atoms with Crippen LogP contribution in [0.5, 0.6) is 5.75 Å². The minimum absolute atomic E-state index is 0.0969. The van der Waals surface area contributed by atoms with Gasteiger partial charge in [-0.1, -0.05) is 29.3 Å². The number of hydrogen-bond acceptors (Lipinski definition) is 4. The van der Waals surface area contributed by atoms with Gasteiger partial charge in [0.25, 0.3) is 5.91 Å². The first-order valence-corrected chi connectivity index (χ1v) is 9.48. The van der Waals surface area contributed by atoms with E-state index < -0.39 is 0 Å². The third kappa shape index (κ3) is 4.06. The lowest BCUT2D eigenvalue weighted by Crippen LogP contribution is -2.28. The van der Waals surface area contributed by atoms with Crippen LogP contribution in [0.1, 0.15) is 12.5 Å². The molecule has 0 radical (unpaired) electrons. The van der Waals surface area contributed by atoms with Crippen LogP contribution in [0.3, 0.4) is 0 Å². The molecule has 2 aromatic rings. The molecule has 1 fully saturated rings. The van der Waals surface area contributed by atoms with Crippen LogP contribution in [-0.2, 0) is 4.79 Å². The number of thioether (sulfide) groups is 1. The van der Waals surface area contributed by atoms with Crippen molar-refractivity contribution in [3.05, 3.63) is 63.0 Å². The Labute approximate surface area is 166 Å². The Hall–Kier alpha value is -1.95. The van der Waals surface area contributed by atoms with Gasteiger partial charge < -0.3 is 4.74 Å². The Morgan fingerprint density at radius 3 is 2.65 bits per heavy atom. The van der Waals surface area contributed by atoms with Gasteiger partial charge in [-0.25, -0.2) is 4.99 Å². The van der Waals surface area contributed by atoms with E-state index in [9.17, 15) is 4.79 Å². The number of amides is 1. The van der Waals surface area contributed by atoms with Crippen molar-refractivity contribution in [2.75, 3.05) is 13.7 Å². The van der Waals surface area contributed by atoms with E-state index in [0.29, 0.717) is 38.1 Å². The highest BCUT2D eigenvalue weighted by Gasteiger charge is 2.32. The van der Waals surface area contributed by atoms with E-state index in [1.165, 1.54) is 11.8 Å². The number of likely N-dealkylation sites (N-methyl/N-ethyl adjacent to an activating group) is 1. The SMILES string of the molecule is CCN1C(=O)/C(=C\c2cc(Cl)ccc2OC)SC1=Nc1cccc(Cl)c1. The summed E-state index contributed by atoms with van der Waals surface area (Å²) >= 11 is 13.4. The number of hydrogen-bond donors (Lipinski definition) is 0. The molecule has 0 aliphatic carbocycles. The topological polar surface area (TPSA) is 41.9 Å². The molecule has 26 heavy (non-hydrogen) atoms. The van der Waals surface area contributed by atoms with Crippen LogP contribution in [0.4, 0.5) is 5.69 Å². The van der Waals surface area contributed by atoms with Gasteiger partial charge in [0, 0.05) is 22.2 Å². The zero-order valence-corrected chi connectivity index (χ0v) is 16.5. The molecular weight excluding hydrogens is 391 g/mol. The van der Waals surface area contributed by atoms with E-state index in [0.717, 1.165) is 5.56 Å². The fourth-order valence-electron chi connectivity index (χ4n) is 2.49. The van der Waals surface area contributed by atoms with Gasteiger partial charge in [-0.2, -0.15) is 0 Å². The Kier molecular flexibility index (Phi) is 5.91. The number of aliphatic imine (C=N–C) groups is 1. The Bertz CT molecular complexity index is 912. The third-order valence-electron chi connectivity index (χ3n) is 3.72. The Balaban J connectivity index is 1.98. The fraction of sp³-hybridized carbons (Fsp3) is 0.158. The predicted octanol–water partition coefficient (Wildman–Crippen LogP) is 5.63. The molecular formula is C19H16Cl2N2O2S. The maximum absolute atomic E-state index is 12.7. The van der Waals surface area contributed by atoms with Gasteiger partial charge in [-0.15, -0.1) is 0 Å². The Morgan fingerprint density at radius 1 is 1.19 bits per heavy atom. The maximum Gasteiger partial charge on any atom is 0.266 e. The zero-order chi connectivity index (χ0) is 18.7. The lowest BCUT2D eigenvalue weighted by atomic mass is 10.2. The summed E-state index contributed by atoms with van der Waals surface area (Å²) in [6.45, 7) is 2.43. The van der Waals surface area contributed by atoms with Crippen molar-refractivity contribution in [1.82, 2.24) is 4.90 Å². The van der Waals surface area contributed by atoms with E-state index in [1.807, 2.05) is 19.1 Å². The largest absolute Gasteiger partial charge is 0.496 e. The van der Waals surface area contributed by atoms with E-state index in [4.69, 9.17) is 27.9 Å². The monoisotopic (exact) mass is 406 g/mol. The van der Waals surface area contributed by atoms with Gasteiger partial charge in [-0.3, -0.25) is 9.69 Å². The minimum atomic E-state index is -0.0969. The molecule has 0 saturated carbocycles. The molecule has 4 nitrogen and oxygen atoms in total. The third-order valence-corrected chi connectivity index (χ3v) is 5.19. The number of halogens is 2. The van der Waals surface area contributed by atoms with Gasteiger partial charge in [0.2, 0.25) is 0 Å². The summed E-state index contributed by atoms with van der Waals surface area (Å²) in [7, 11) is 1.58. The second kappa shape index (κ2) is 8.16. The first-order chi connectivity index (χ1) is 12.5. The minimum Gasteiger partial charge on any atom is -0.496 e. The van der Waals surface area contributed by atoms with Crippen LogP contribution in [0.25, 0.3) is 6.08 Å². The molecule has 1 aliphatic heterocycles. The molecule has 1 aliphatic rings. The van der Waals surface area contributed by atoms with E-state index in [1.54, 1.807) is 48.4 Å². The molecule has 2 aromatic carbocycles. The summed E-state index contributed by atoms with van der Waals surface area (Å²) in [5, 5.41) is 1.80. The molecule has 3 rings (SSSR count). The number of amidine groups is 1. The number of methoxy groups -OCH3 is 1. The zero-order valence-electron chi connectivity index (χ0n) is 14.2. The predicted molar refractivity (Wildman–Crippen MR) is 110 cm³/mol. The van der Waals surface area contributed by atoms with Crippen molar-refractivity contribution in [1.29, 1.82) is 0 Å². The van der Waals surface area contributed by atoms with Gasteiger partial charge in [-0.05, 0) is 61.2 Å². The van der Waals surface area contributed by atoms with Crippen LogP contribution in [0.15, 0.2) is 52.4 Å². The first-order valence-electron chi connectivity index (χ1n) is 7.91. The molecule has 0 aromatic heterocycles. The number of carbonyl (C=O) groups excluding carboxylic acids is 1. The van der Waals surface area contributed by atoms with Crippen LogP contribution >= 0.6 is 35.0 Å². The molecule has 1 heterocycles. The fourth-order valence-corrected chi connectivity index (χ4v) is 3.90. The van der Waals surface area contributed by atoms with Crippen molar-refractivity contribution >= 4 is 57.8 Å². The van der Waals surface area contributed by atoms with Gasteiger partial charge in [0.15, 0.2) is 5.17 Å². The lowest BCUT2D eigenvalue weighted by Gasteiger charge is -2.12. The first kappa shape index (κ1) is 18.8. The van der Waals surface area contributed by atoms with Crippen molar-refractivity contribution in [2.24, 2.45) is 4.99 Å². The van der Waals surface area contributed by atoms with Crippen LogP contribution in [0.2, 0.25) is 10.0 Å². The van der Waals surface area contributed by atoms with Crippen LogP contribution in [0, 0.1) is 0 Å². The molecule has 134 valence electrons. The summed E-state index contributed by atoms with van der Waals surface area (Å²) < 4.78 is 5.35. The lowest BCUT2D eigenvalue weighted by molar-refractivity contribution is -0.122. The molecule has 0 atom stereocenters. The van der Waals surface area contributed by atoms with Gasteiger partial charge in [0.1, 0.15) is 5.75 Å². The number of benzene rings is 2. The second-order valence-electron chi connectivity index (χ2n) is 5.42. The van der Waals surface area contributed by atoms with Crippen molar-refractivity contribution < 1.29 is 9.53 Å². The molecule has 1 saturated heterocycles. The summed E-state index contributed by atoms with van der Waals surface area (Å²) in [5.41, 5.74) is 1.45. The highest BCUT2D eigenvalue weighted by Crippen LogP contribution is 2.36. The number of nitrogens with zero attached hydrogens (tertiary/aromatic N) is 2. The molecule has 1 amide bonds. The summed E-state index contributed by atoms with van der Waals surface area (Å²) in [4.78, 5) is 19.5. The molecule has 7 heteroatoms. The Morgan fingerprint density at radius 2 is 1.96 bits per heavy atom. The van der Waals surface area contributed by atoms with E-state index in [2.05, 4.69) is 4.99 Å². The molecule has 0 bridgehead atoms. The van der Waals surface area contributed by atoms with Crippen molar-refractivity contribution in [3.8, 4) is 5.75 Å². The molecule has 0 unspecified atom stereocenters. The highest BCUT2D eigenvalue weighted by atomic mass is 35.5. The number of carbonyl (C=O) groups is 1. The normalized spacial score (nSPS) is 17.4. The smallest absolute Gasteiger partial charge is 0.266 e. The second-order valence-corrected chi connectivity index (χ2v) is 7.30. The maximum atomic E-state index is 12.7. The number of rotatable bonds is 4. The quantitative estimate of drug-likeness (QED) is 0.618. The van der Waals surface area contributed by atoms with Crippen molar-refractivity contribution in [2.45, 2.75) is 6.92 Å². The average Bonchev–Trinajstić information content (AvgIpc) is 2.90. The van der Waals surface area contributed by atoms with Gasteiger partial charge in [0.05, 0.1) is 17.7 Å². The summed E-state index contributed by atoms with van der Waals surface area (Å²) in [6, 6.07) is 12.5. The average molecular weight is 407 g/mol. The summed E-state index contributed by atoms with van der Waals surface area (Å²) in [5.74, 6) is 0.555. The van der Waals surface area contributed by atoms with Gasteiger partial charge >= 0.3 is 0 Å². The van der Waals surface area contributed by atoms with Crippen molar-refractivity contribution in [3.63, 3.8) is 0 Å². The van der Waals surface area contributed by atoms with E-state index in [-0.39, 0.29) is 5.91 Å². The van der Waals surface area contributed by atoms with Crippen LogP contribution in [-0.4, -0.2) is 29.6 Å². The van der Waals surface area contributed by atoms with E-state index >= 15 is 0 Å². The molecule has 0 N–H and O–H groups in total. The number of ether oxygens (including phenoxy) is 1. The van der Waals surface area contributed by atoms with Crippen LogP contribution < -0.4 is 4.74 Å². The highest BCUT2D eigenvalue weighted by molar-refractivity contribution is 8.18. The standard InChI is InChI=1S/C19H16Cl2N2O2S/c1-3-23-18(24)17(10-12-9-14(21)7-8-16(12)25-2)26-19(23)22-15-6-4-5-13(20)11-15/h4-11H,3H2,1-2H3/b17-10+,22-19?. The summed E-state index contributed by atoms with van der Waals surface area (Å²) in [6.07, 6.45) is 1.78.